The second kappa shape index (κ2) is 6.50. The van der Waals surface area contributed by atoms with Crippen molar-refractivity contribution in [2.24, 2.45) is 5.41 Å². The van der Waals surface area contributed by atoms with Gasteiger partial charge in [-0.15, -0.1) is 0 Å². The van der Waals surface area contributed by atoms with E-state index in [0.717, 1.165) is 19.3 Å². The van der Waals surface area contributed by atoms with Crippen molar-refractivity contribution in [3.05, 3.63) is 35.9 Å². The van der Waals surface area contributed by atoms with Gasteiger partial charge in [-0.2, -0.15) is 0 Å². The van der Waals surface area contributed by atoms with Gasteiger partial charge in [-0.1, -0.05) is 45.4 Å². The maximum atomic E-state index is 12.5. The predicted molar refractivity (Wildman–Crippen MR) is 76.8 cm³/mol. The van der Waals surface area contributed by atoms with Crippen LogP contribution in [-0.2, 0) is 4.79 Å². The van der Waals surface area contributed by atoms with E-state index >= 15 is 0 Å². The van der Waals surface area contributed by atoms with Crippen molar-refractivity contribution in [3.8, 4) is 0 Å². The minimum Gasteiger partial charge on any atom is -0.281 e. The third-order valence-corrected chi connectivity index (χ3v) is 3.73. The molecule has 0 aliphatic heterocycles. The molecule has 0 aliphatic carbocycles. The molecule has 1 rings (SSSR count). The zero-order valence-electron chi connectivity index (χ0n) is 12.3. The van der Waals surface area contributed by atoms with Crippen LogP contribution in [0.15, 0.2) is 30.3 Å². The number of nitrogens with zero attached hydrogens (tertiary/aromatic N) is 1. The molecule has 3 heteroatoms. The van der Waals surface area contributed by atoms with Crippen molar-refractivity contribution >= 4 is 11.8 Å². The molecule has 1 aromatic rings. The number of rotatable bonds is 5. The molecule has 0 saturated carbocycles. The Labute approximate surface area is 115 Å². The Hall–Kier alpha value is -1.64. The fourth-order valence-corrected chi connectivity index (χ4v) is 2.26. The molecule has 0 spiro atoms. The van der Waals surface area contributed by atoms with Gasteiger partial charge in [0.25, 0.3) is 5.91 Å². The molecule has 0 heterocycles. The summed E-state index contributed by atoms with van der Waals surface area (Å²) >= 11 is 0. The van der Waals surface area contributed by atoms with Crippen molar-refractivity contribution in [2.45, 2.75) is 40.0 Å². The average molecular weight is 261 g/mol. The van der Waals surface area contributed by atoms with E-state index in [0.29, 0.717) is 5.56 Å². The van der Waals surface area contributed by atoms with Crippen molar-refractivity contribution in [3.63, 3.8) is 0 Å². The van der Waals surface area contributed by atoms with Crippen LogP contribution in [0.1, 0.15) is 50.4 Å². The van der Waals surface area contributed by atoms with Gasteiger partial charge in [-0.25, -0.2) is 0 Å². The first-order chi connectivity index (χ1) is 8.96. The molecule has 0 N–H and O–H groups in total. The van der Waals surface area contributed by atoms with Crippen LogP contribution in [0.25, 0.3) is 0 Å². The zero-order valence-corrected chi connectivity index (χ0v) is 12.3. The van der Waals surface area contributed by atoms with E-state index in [1.54, 1.807) is 31.3 Å². The predicted octanol–water partition coefficient (Wildman–Crippen LogP) is 3.50. The third-order valence-electron chi connectivity index (χ3n) is 3.73. The van der Waals surface area contributed by atoms with Crippen LogP contribution in [0.2, 0.25) is 0 Å². The average Bonchev–Trinajstić information content (AvgIpc) is 2.46. The van der Waals surface area contributed by atoms with Crippen molar-refractivity contribution in [2.75, 3.05) is 7.05 Å². The Morgan fingerprint density at radius 3 is 2.21 bits per heavy atom. The SMILES string of the molecule is CCCC(C)(CC)C(=O)N(C)C(=O)c1ccccc1. The topological polar surface area (TPSA) is 37.4 Å². The van der Waals surface area contributed by atoms with Gasteiger partial charge in [0.05, 0.1) is 0 Å². The molecule has 0 bridgehead atoms. The molecule has 1 unspecified atom stereocenters. The van der Waals surface area contributed by atoms with Crippen LogP contribution >= 0.6 is 0 Å². The largest absolute Gasteiger partial charge is 0.281 e. The standard InChI is InChI=1S/C16H23NO2/c1-5-12-16(3,6-2)15(19)17(4)14(18)13-10-8-7-9-11-13/h7-11H,5-6,12H2,1-4H3. The summed E-state index contributed by atoms with van der Waals surface area (Å²) in [4.78, 5) is 26.0. The fourth-order valence-electron chi connectivity index (χ4n) is 2.26. The summed E-state index contributed by atoms with van der Waals surface area (Å²) in [7, 11) is 1.57. The highest BCUT2D eigenvalue weighted by atomic mass is 16.2. The minimum atomic E-state index is -0.450. The summed E-state index contributed by atoms with van der Waals surface area (Å²) in [5, 5.41) is 0. The summed E-state index contributed by atoms with van der Waals surface area (Å²) in [6.07, 6.45) is 2.48. The maximum Gasteiger partial charge on any atom is 0.260 e. The van der Waals surface area contributed by atoms with Crippen LogP contribution in [0.3, 0.4) is 0 Å². The van der Waals surface area contributed by atoms with Crippen molar-refractivity contribution in [1.82, 2.24) is 4.90 Å². The maximum absolute atomic E-state index is 12.5. The number of imide groups is 1. The molecule has 0 aromatic heterocycles. The number of carbonyl (C=O) groups excluding carboxylic acids is 2. The van der Waals surface area contributed by atoms with Crippen LogP contribution < -0.4 is 0 Å². The quantitative estimate of drug-likeness (QED) is 0.813. The fraction of sp³-hybridized carbons (Fsp3) is 0.500. The smallest absolute Gasteiger partial charge is 0.260 e. The lowest BCUT2D eigenvalue weighted by Crippen LogP contribution is -2.43. The van der Waals surface area contributed by atoms with Gasteiger partial charge >= 0.3 is 0 Å². The first-order valence-corrected chi connectivity index (χ1v) is 6.83. The normalized spacial score (nSPS) is 13.7. The molecule has 1 atom stereocenters. The summed E-state index contributed by atoms with van der Waals surface area (Å²) < 4.78 is 0. The van der Waals surface area contributed by atoms with Crippen LogP contribution in [0.5, 0.6) is 0 Å². The lowest BCUT2D eigenvalue weighted by Gasteiger charge is -2.30. The van der Waals surface area contributed by atoms with E-state index < -0.39 is 5.41 Å². The molecule has 104 valence electrons. The Kier molecular flexibility index (Phi) is 5.28. The van der Waals surface area contributed by atoms with E-state index in [-0.39, 0.29) is 11.8 Å². The Morgan fingerprint density at radius 1 is 1.16 bits per heavy atom. The van der Waals surface area contributed by atoms with Gasteiger partial charge in [-0.3, -0.25) is 14.5 Å². The number of benzene rings is 1. The van der Waals surface area contributed by atoms with Crippen LogP contribution in [0.4, 0.5) is 0 Å². The van der Waals surface area contributed by atoms with E-state index in [1.807, 2.05) is 19.9 Å². The first-order valence-electron chi connectivity index (χ1n) is 6.83. The monoisotopic (exact) mass is 261 g/mol. The Morgan fingerprint density at radius 2 is 1.74 bits per heavy atom. The lowest BCUT2D eigenvalue weighted by atomic mass is 9.81. The van der Waals surface area contributed by atoms with E-state index in [4.69, 9.17) is 0 Å². The summed E-state index contributed by atoms with van der Waals surface area (Å²) in [5.41, 5.74) is 0.0989. The van der Waals surface area contributed by atoms with E-state index in [2.05, 4.69) is 6.92 Å². The van der Waals surface area contributed by atoms with Crippen LogP contribution in [0, 0.1) is 5.41 Å². The zero-order chi connectivity index (χ0) is 14.5. The van der Waals surface area contributed by atoms with Crippen LogP contribution in [-0.4, -0.2) is 23.8 Å². The van der Waals surface area contributed by atoms with Gasteiger partial charge in [-0.05, 0) is 25.0 Å². The highest BCUT2D eigenvalue weighted by Gasteiger charge is 2.35. The molecule has 0 saturated heterocycles. The second-order valence-corrected chi connectivity index (χ2v) is 5.20. The summed E-state index contributed by atoms with van der Waals surface area (Å²) in [6.45, 7) is 5.99. The number of hydrogen-bond acceptors (Lipinski definition) is 2. The molecule has 19 heavy (non-hydrogen) atoms. The Bertz CT molecular complexity index is 441. The third kappa shape index (κ3) is 3.43. The number of hydrogen-bond donors (Lipinski definition) is 0. The second-order valence-electron chi connectivity index (χ2n) is 5.20. The van der Waals surface area contributed by atoms with Crippen molar-refractivity contribution in [1.29, 1.82) is 0 Å². The molecule has 2 amide bonds. The van der Waals surface area contributed by atoms with Gasteiger partial charge in [0.1, 0.15) is 0 Å². The first kappa shape index (κ1) is 15.4. The summed E-state index contributed by atoms with van der Waals surface area (Å²) in [5.74, 6) is -0.327. The highest BCUT2D eigenvalue weighted by molar-refractivity contribution is 6.05. The molecule has 0 radical (unpaired) electrons. The van der Waals surface area contributed by atoms with E-state index in [9.17, 15) is 9.59 Å². The Balaban J connectivity index is 2.91. The van der Waals surface area contributed by atoms with Gasteiger partial charge in [0.15, 0.2) is 0 Å². The minimum absolute atomic E-state index is 0.0919. The molecular weight excluding hydrogens is 238 g/mol. The number of carbonyl (C=O) groups is 2. The molecule has 0 fully saturated rings. The van der Waals surface area contributed by atoms with Crippen molar-refractivity contribution < 1.29 is 9.59 Å². The molecule has 3 nitrogen and oxygen atoms in total. The van der Waals surface area contributed by atoms with Gasteiger partial charge < -0.3 is 0 Å². The summed E-state index contributed by atoms with van der Waals surface area (Å²) in [6, 6.07) is 8.92. The van der Waals surface area contributed by atoms with E-state index in [1.165, 1.54) is 4.90 Å². The van der Waals surface area contributed by atoms with Gasteiger partial charge in [0.2, 0.25) is 5.91 Å². The lowest BCUT2D eigenvalue weighted by molar-refractivity contribution is -0.137. The molecule has 1 aromatic carbocycles. The molecular formula is C16H23NO2. The number of amides is 2. The molecule has 0 aliphatic rings. The highest BCUT2D eigenvalue weighted by Crippen LogP contribution is 2.30. The van der Waals surface area contributed by atoms with Gasteiger partial charge in [0, 0.05) is 18.0 Å².